The Hall–Kier alpha value is -6.59. The summed E-state index contributed by atoms with van der Waals surface area (Å²) in [4.78, 5) is 64.2. The third-order valence-electron chi connectivity index (χ3n) is 9.02. The van der Waals surface area contributed by atoms with Gasteiger partial charge in [-0.25, -0.2) is 9.59 Å². The second kappa shape index (κ2) is 16.4. The minimum absolute atomic E-state index is 0.0197. The van der Waals surface area contributed by atoms with Crippen LogP contribution in [0.2, 0.25) is 0 Å². The van der Waals surface area contributed by atoms with Gasteiger partial charge in [0.05, 0.1) is 15.8 Å². The summed E-state index contributed by atoms with van der Waals surface area (Å²) in [6.07, 6.45) is -1.97. The van der Waals surface area contributed by atoms with Gasteiger partial charge in [-0.2, -0.15) is 0 Å². The number of benzene rings is 5. The molecule has 0 aromatic heterocycles. The fourth-order valence-corrected chi connectivity index (χ4v) is 10.6. The van der Waals surface area contributed by atoms with Gasteiger partial charge in [-0.15, -0.1) is 0 Å². The van der Waals surface area contributed by atoms with Crippen LogP contribution in [-0.4, -0.2) is 50.8 Å². The fraction of sp³-hybridized carbons (Fsp3) is 0.150. The van der Waals surface area contributed by atoms with E-state index in [1.807, 2.05) is 91.0 Å². The van der Waals surface area contributed by atoms with Gasteiger partial charge in [0.2, 0.25) is 5.91 Å². The van der Waals surface area contributed by atoms with E-state index in [9.17, 15) is 34.6 Å². The number of esters is 1. The number of hydrogen-bond acceptors (Lipinski definition) is 10. The van der Waals surface area contributed by atoms with E-state index in [4.69, 9.17) is 14.2 Å². The molecule has 14 heteroatoms. The maximum Gasteiger partial charge on any atom is 0.508 e. The number of nitro benzene ring substituents is 2. The number of likely N-dealkylation sites (tertiary alicyclic amines) is 1. The number of carbonyl (C=O) groups excluding carboxylic acids is 3. The molecule has 1 amide bonds. The largest absolute Gasteiger partial charge is 0.508 e. The smallest absolute Gasteiger partial charge is 0.456 e. The molecule has 13 nitrogen and oxygen atoms in total. The molecular weight excluding hydrogens is 713 g/mol. The number of nitro groups is 2. The van der Waals surface area contributed by atoms with E-state index in [1.165, 1.54) is 53.4 Å². The average Bonchev–Trinajstić information content (AvgIpc) is 3.19. The number of amides is 1. The Kier molecular flexibility index (Phi) is 11.3. The van der Waals surface area contributed by atoms with E-state index in [0.29, 0.717) is 11.1 Å². The highest BCUT2D eigenvalue weighted by atomic mass is 31.2. The van der Waals surface area contributed by atoms with Crippen molar-refractivity contribution in [2.75, 3.05) is 6.54 Å². The van der Waals surface area contributed by atoms with Gasteiger partial charge in [0.15, 0.2) is 0 Å². The predicted molar refractivity (Wildman–Crippen MR) is 202 cm³/mol. The molecule has 0 N–H and O–H groups in total. The Morgan fingerprint density at radius 1 is 0.685 bits per heavy atom. The van der Waals surface area contributed by atoms with E-state index in [-0.39, 0.29) is 36.6 Å². The van der Waals surface area contributed by atoms with Crippen LogP contribution in [-0.2, 0) is 37.0 Å². The zero-order valence-electron chi connectivity index (χ0n) is 28.9. The van der Waals surface area contributed by atoms with Gasteiger partial charge in [-0.05, 0) is 58.2 Å². The van der Waals surface area contributed by atoms with Crippen LogP contribution in [0, 0.1) is 26.1 Å². The molecule has 6 rings (SSSR count). The molecule has 0 bridgehead atoms. The van der Waals surface area contributed by atoms with Crippen LogP contribution >= 0.6 is 6.89 Å². The molecule has 0 radical (unpaired) electrons. The molecule has 0 saturated carbocycles. The molecule has 0 unspecified atom stereocenters. The normalized spacial score (nSPS) is 14.3. The molecule has 1 saturated heterocycles. The Labute approximate surface area is 310 Å². The topological polar surface area (TPSA) is 168 Å². The molecule has 1 fully saturated rings. The maximum absolute atomic E-state index is 14.7. The summed E-state index contributed by atoms with van der Waals surface area (Å²) in [5, 5.41) is 24.5. The Morgan fingerprint density at radius 3 is 1.48 bits per heavy atom. The van der Waals surface area contributed by atoms with E-state index in [1.54, 1.807) is 6.92 Å². The summed E-state index contributed by atoms with van der Waals surface area (Å²) in [5.74, 6) is -2.03. The third kappa shape index (κ3) is 7.76. The Morgan fingerprint density at radius 2 is 1.09 bits per heavy atom. The number of nitrogens with zero attached hydrogens (tertiary/aromatic N) is 3. The standard InChI is InChI=1S/C40H34N3O10P/c1-28(53-40(46)52-27-30-19-23-32(24-20-30)43(49)50)36-25-41(37(36)44)38(39(45)51-26-29-17-21-31(22-18-29)42(47)48)54(33-11-5-2-6-12-33,34-13-7-3-8-14-34)35-15-9-4-10-16-35/h2-24,28,36H,25-27H2,1H3/t28-,36+/m1/s1. The zero-order chi connectivity index (χ0) is 38.2. The van der Waals surface area contributed by atoms with Gasteiger partial charge < -0.3 is 19.1 Å². The van der Waals surface area contributed by atoms with Crippen molar-refractivity contribution in [1.29, 1.82) is 0 Å². The molecule has 1 aliphatic rings. The molecular formula is C40H34N3O10P. The number of carbonyl (C=O) groups is 3. The highest BCUT2D eigenvalue weighted by Crippen LogP contribution is 2.48. The lowest BCUT2D eigenvalue weighted by Gasteiger charge is -2.44. The number of ether oxygens (including phenoxy) is 3. The van der Waals surface area contributed by atoms with Crippen LogP contribution in [0.1, 0.15) is 18.1 Å². The van der Waals surface area contributed by atoms with E-state index < -0.39 is 46.8 Å². The minimum Gasteiger partial charge on any atom is -0.456 e. The van der Waals surface area contributed by atoms with Crippen molar-refractivity contribution >= 4 is 57.6 Å². The van der Waals surface area contributed by atoms with Crippen molar-refractivity contribution in [3.05, 3.63) is 171 Å². The lowest BCUT2D eigenvalue weighted by molar-refractivity contribution is -0.385. The summed E-state index contributed by atoms with van der Waals surface area (Å²) in [7, 11) is 0. The van der Waals surface area contributed by atoms with E-state index >= 15 is 0 Å². The molecule has 0 aliphatic carbocycles. The highest BCUT2D eigenvalue weighted by molar-refractivity contribution is 7.96. The van der Waals surface area contributed by atoms with Crippen molar-refractivity contribution in [1.82, 2.24) is 4.90 Å². The molecule has 1 heterocycles. The van der Waals surface area contributed by atoms with Gasteiger partial charge >= 0.3 is 12.1 Å². The van der Waals surface area contributed by atoms with Crippen molar-refractivity contribution in [3.63, 3.8) is 0 Å². The molecule has 54 heavy (non-hydrogen) atoms. The second-order valence-electron chi connectivity index (χ2n) is 12.3. The van der Waals surface area contributed by atoms with Crippen LogP contribution in [0.5, 0.6) is 0 Å². The Balaban J connectivity index is 1.36. The van der Waals surface area contributed by atoms with Crippen molar-refractivity contribution in [2.24, 2.45) is 5.92 Å². The van der Waals surface area contributed by atoms with Gasteiger partial charge in [-0.1, -0.05) is 91.0 Å². The van der Waals surface area contributed by atoms with E-state index in [0.717, 1.165) is 15.9 Å². The summed E-state index contributed by atoms with van der Waals surface area (Å²) in [5.41, 5.74) is 0.933. The highest BCUT2D eigenvalue weighted by Gasteiger charge is 2.49. The first-order valence-electron chi connectivity index (χ1n) is 16.8. The third-order valence-corrected chi connectivity index (χ3v) is 13.3. The maximum atomic E-state index is 14.7. The number of non-ortho nitro benzene ring substituents is 2. The second-order valence-corrected chi connectivity index (χ2v) is 15.7. The predicted octanol–water partition coefficient (Wildman–Crippen LogP) is 5.87. The van der Waals surface area contributed by atoms with Gasteiger partial charge in [0.1, 0.15) is 24.7 Å². The lowest BCUT2D eigenvalue weighted by atomic mass is 9.93. The van der Waals surface area contributed by atoms with Crippen LogP contribution in [0.25, 0.3) is 0 Å². The molecule has 1 aliphatic heterocycles. The SMILES string of the molecule is C[C@@H](OC(=O)OCc1ccc([N+](=O)[O-])cc1)[C@@H]1CN(C(C(=O)OCc2ccc([N+](=O)[O-])cc2)=P(c2ccccc2)(c2ccccc2)c2ccccc2)C1=O. The molecule has 2 atom stereocenters. The molecule has 5 aromatic rings. The van der Waals surface area contributed by atoms with Crippen molar-refractivity contribution < 1.29 is 38.4 Å². The van der Waals surface area contributed by atoms with E-state index in [2.05, 4.69) is 0 Å². The van der Waals surface area contributed by atoms with Gasteiger partial charge in [0, 0.05) is 37.7 Å². The zero-order valence-corrected chi connectivity index (χ0v) is 29.8. The Bertz CT molecular complexity index is 2110. The van der Waals surface area contributed by atoms with Crippen LogP contribution in [0.15, 0.2) is 140 Å². The summed E-state index contributed by atoms with van der Waals surface area (Å²) in [6.45, 7) is -2.01. The van der Waals surface area contributed by atoms with Crippen molar-refractivity contribution in [2.45, 2.75) is 26.2 Å². The minimum atomic E-state index is -3.18. The van der Waals surface area contributed by atoms with Crippen LogP contribution in [0.3, 0.4) is 0 Å². The molecule has 5 aromatic carbocycles. The van der Waals surface area contributed by atoms with Crippen molar-refractivity contribution in [3.8, 4) is 0 Å². The number of rotatable bonds is 13. The van der Waals surface area contributed by atoms with Crippen LogP contribution < -0.4 is 15.9 Å². The lowest BCUT2D eigenvalue weighted by Crippen LogP contribution is -2.62. The average molecular weight is 748 g/mol. The summed E-state index contributed by atoms with van der Waals surface area (Å²) < 4.78 is 16.7. The summed E-state index contributed by atoms with van der Waals surface area (Å²) >= 11 is 0. The number of hydrogen-bond donors (Lipinski definition) is 0. The van der Waals surface area contributed by atoms with Crippen LogP contribution in [0.4, 0.5) is 16.2 Å². The fourth-order valence-electron chi connectivity index (χ4n) is 6.24. The first-order valence-corrected chi connectivity index (χ1v) is 18.6. The monoisotopic (exact) mass is 747 g/mol. The van der Waals surface area contributed by atoms with Gasteiger partial charge in [0.25, 0.3) is 11.4 Å². The quantitative estimate of drug-likeness (QED) is 0.0467. The molecule has 274 valence electrons. The first-order chi connectivity index (χ1) is 26.1. The number of β-lactam (4-membered cyclic amide) rings is 1. The molecule has 0 spiro atoms. The first kappa shape index (κ1) is 37.2. The van der Waals surface area contributed by atoms with Gasteiger partial charge in [-0.3, -0.25) is 25.0 Å². The summed E-state index contributed by atoms with van der Waals surface area (Å²) in [6, 6.07) is 39.5.